The molecule has 14 heteroatoms. The van der Waals surface area contributed by atoms with Gasteiger partial charge in [-0.25, -0.2) is 15.1 Å². The quantitative estimate of drug-likeness (QED) is 0.423. The Labute approximate surface area is 192 Å². The third kappa shape index (κ3) is 5.18. The van der Waals surface area contributed by atoms with E-state index in [0.717, 1.165) is 12.8 Å². The molecule has 2 N–H and O–H groups in total. The Balaban J connectivity index is 1.30. The standard InChI is InChI=1S/C19H30N4O9S/c1-19(2,3)30-18(26)22-11-4-5-12(22)9-14(8-11)31-20-16(24)15-7-6-13-10-21(15)17(25)23(13)32-33(27,28)29/h11-15H,4-10H2,1-3H3,(H,20,24)(H,27,28,29)/t11?,12?,13-,14?,15+/m1/s1. The maximum Gasteiger partial charge on any atom is 0.418 e. The lowest BCUT2D eigenvalue weighted by atomic mass is 10.00. The number of fused-ring (bicyclic) bond motifs is 4. The van der Waals surface area contributed by atoms with Crippen LogP contribution in [0.5, 0.6) is 0 Å². The molecule has 4 amide bonds. The Hall–Kier alpha value is -2.16. The van der Waals surface area contributed by atoms with Gasteiger partial charge in [-0.3, -0.25) is 14.2 Å². The summed E-state index contributed by atoms with van der Waals surface area (Å²) in [6, 6.07) is -2.28. The lowest BCUT2D eigenvalue weighted by Crippen LogP contribution is -2.53. The molecule has 186 valence electrons. The molecule has 0 spiro atoms. The maximum atomic E-state index is 12.7. The number of ether oxygens (including phenoxy) is 1. The topological polar surface area (TPSA) is 155 Å². The van der Waals surface area contributed by atoms with Crippen molar-refractivity contribution in [1.29, 1.82) is 0 Å². The van der Waals surface area contributed by atoms with Crippen LogP contribution in [-0.2, 0) is 29.1 Å². The van der Waals surface area contributed by atoms with E-state index in [1.165, 1.54) is 4.90 Å². The number of hydroxylamine groups is 3. The summed E-state index contributed by atoms with van der Waals surface area (Å²) in [5, 5.41) is 0.591. The van der Waals surface area contributed by atoms with E-state index in [1.54, 1.807) is 4.90 Å². The number of hydrogen-bond acceptors (Lipinski definition) is 8. The molecule has 33 heavy (non-hydrogen) atoms. The fraction of sp³-hybridized carbons (Fsp3) is 0.842. The van der Waals surface area contributed by atoms with Crippen molar-refractivity contribution >= 4 is 28.4 Å². The second-order valence-electron chi connectivity index (χ2n) is 9.96. The summed E-state index contributed by atoms with van der Waals surface area (Å²) in [5.74, 6) is -0.516. The van der Waals surface area contributed by atoms with Crippen LogP contribution in [-0.4, -0.2) is 88.3 Å². The van der Waals surface area contributed by atoms with Crippen molar-refractivity contribution in [1.82, 2.24) is 20.3 Å². The van der Waals surface area contributed by atoms with Gasteiger partial charge >= 0.3 is 22.5 Å². The first-order valence-corrected chi connectivity index (χ1v) is 12.4. The molecule has 4 bridgehead atoms. The van der Waals surface area contributed by atoms with Gasteiger partial charge in [0.1, 0.15) is 11.6 Å². The molecule has 0 aromatic rings. The van der Waals surface area contributed by atoms with E-state index in [1.807, 2.05) is 20.8 Å². The van der Waals surface area contributed by atoms with Gasteiger partial charge in [-0.15, -0.1) is 4.28 Å². The zero-order chi connectivity index (χ0) is 24.1. The number of nitrogens with one attached hydrogen (secondary N) is 1. The highest BCUT2D eigenvalue weighted by Gasteiger charge is 2.50. The molecule has 4 saturated heterocycles. The van der Waals surface area contributed by atoms with E-state index in [0.29, 0.717) is 30.7 Å². The van der Waals surface area contributed by atoms with Crippen LogP contribution in [0.3, 0.4) is 0 Å². The molecule has 0 aromatic carbocycles. The number of nitrogens with zero attached hydrogens (tertiary/aromatic N) is 3. The predicted octanol–water partition coefficient (Wildman–Crippen LogP) is 0.968. The zero-order valence-electron chi connectivity index (χ0n) is 18.8. The number of carbonyl (C=O) groups is 3. The molecule has 0 saturated carbocycles. The minimum absolute atomic E-state index is 0.0257. The summed E-state index contributed by atoms with van der Waals surface area (Å²) >= 11 is 0. The Morgan fingerprint density at radius 3 is 2.24 bits per heavy atom. The molecule has 4 aliphatic rings. The van der Waals surface area contributed by atoms with Crippen molar-refractivity contribution in [2.75, 3.05) is 6.54 Å². The number of piperidine rings is 2. The van der Waals surface area contributed by atoms with Crippen LogP contribution in [0.2, 0.25) is 0 Å². The smallest absolute Gasteiger partial charge is 0.418 e. The number of hydrogen-bond donors (Lipinski definition) is 2. The molecule has 4 fully saturated rings. The monoisotopic (exact) mass is 490 g/mol. The predicted molar refractivity (Wildman–Crippen MR) is 111 cm³/mol. The van der Waals surface area contributed by atoms with Gasteiger partial charge in [-0.1, -0.05) is 0 Å². The molecule has 4 heterocycles. The van der Waals surface area contributed by atoms with Gasteiger partial charge in [0.05, 0.1) is 12.1 Å². The summed E-state index contributed by atoms with van der Waals surface area (Å²) in [7, 11) is -4.85. The Kier molecular flexibility index (Phi) is 6.22. The van der Waals surface area contributed by atoms with Crippen LogP contribution in [0.1, 0.15) is 59.3 Å². The van der Waals surface area contributed by atoms with Crippen molar-refractivity contribution in [2.45, 2.75) is 95.2 Å². The Morgan fingerprint density at radius 2 is 1.67 bits per heavy atom. The second kappa shape index (κ2) is 8.56. The minimum Gasteiger partial charge on any atom is -0.444 e. The van der Waals surface area contributed by atoms with E-state index in [4.69, 9.17) is 14.1 Å². The van der Waals surface area contributed by atoms with Crippen LogP contribution >= 0.6 is 0 Å². The first-order chi connectivity index (χ1) is 15.3. The van der Waals surface area contributed by atoms with Crippen molar-refractivity contribution < 1.29 is 41.2 Å². The lowest BCUT2D eigenvalue weighted by Gasteiger charge is -2.39. The highest BCUT2D eigenvalue weighted by atomic mass is 32.3. The number of amides is 4. The van der Waals surface area contributed by atoms with E-state index < -0.39 is 40.0 Å². The van der Waals surface area contributed by atoms with Gasteiger partial charge in [0.25, 0.3) is 5.91 Å². The van der Waals surface area contributed by atoms with Crippen LogP contribution in [0.4, 0.5) is 9.59 Å². The number of carbonyl (C=O) groups excluding carboxylic acids is 3. The fourth-order valence-electron chi connectivity index (χ4n) is 5.15. The van der Waals surface area contributed by atoms with Crippen molar-refractivity contribution in [3.05, 3.63) is 0 Å². The van der Waals surface area contributed by atoms with Crippen LogP contribution in [0.25, 0.3) is 0 Å². The summed E-state index contributed by atoms with van der Waals surface area (Å²) in [6.07, 6.45) is 2.80. The van der Waals surface area contributed by atoms with E-state index in [9.17, 15) is 22.8 Å². The SMILES string of the molecule is CC(C)(C)OC(=O)N1C2CCC1CC(ONC(=O)[C@@H]1CC[C@@H]3CN1C(=O)N3OS(=O)(=O)O)C2. The molecule has 0 aliphatic carbocycles. The van der Waals surface area contributed by atoms with Gasteiger partial charge in [0.15, 0.2) is 0 Å². The highest BCUT2D eigenvalue weighted by Crippen LogP contribution is 2.38. The van der Waals surface area contributed by atoms with Crippen LogP contribution in [0.15, 0.2) is 0 Å². The van der Waals surface area contributed by atoms with Gasteiger partial charge in [0, 0.05) is 18.6 Å². The average Bonchev–Trinajstić information content (AvgIpc) is 3.09. The highest BCUT2D eigenvalue weighted by molar-refractivity contribution is 7.80. The lowest BCUT2D eigenvalue weighted by molar-refractivity contribution is -0.147. The first kappa shape index (κ1) is 24.0. The molecular weight excluding hydrogens is 460 g/mol. The normalized spacial score (nSPS) is 31.7. The molecule has 4 rings (SSSR count). The minimum atomic E-state index is -4.85. The van der Waals surface area contributed by atoms with Crippen molar-refractivity contribution in [2.24, 2.45) is 0 Å². The molecule has 4 aliphatic heterocycles. The van der Waals surface area contributed by atoms with Gasteiger partial charge in [-0.2, -0.15) is 13.5 Å². The largest absolute Gasteiger partial charge is 0.444 e. The number of rotatable bonds is 5. The molecule has 0 radical (unpaired) electrons. The summed E-state index contributed by atoms with van der Waals surface area (Å²) in [6.45, 7) is 5.57. The third-order valence-electron chi connectivity index (χ3n) is 6.42. The Morgan fingerprint density at radius 1 is 1.06 bits per heavy atom. The first-order valence-electron chi connectivity index (χ1n) is 11.1. The van der Waals surface area contributed by atoms with Gasteiger partial charge < -0.3 is 14.5 Å². The third-order valence-corrected chi connectivity index (χ3v) is 6.77. The zero-order valence-corrected chi connectivity index (χ0v) is 19.6. The summed E-state index contributed by atoms with van der Waals surface area (Å²) in [5.41, 5.74) is 1.87. The van der Waals surface area contributed by atoms with Gasteiger partial charge in [-0.05, 0) is 59.3 Å². The van der Waals surface area contributed by atoms with Crippen molar-refractivity contribution in [3.63, 3.8) is 0 Å². The summed E-state index contributed by atoms with van der Waals surface area (Å²) < 4.78 is 40.8. The van der Waals surface area contributed by atoms with Crippen molar-refractivity contribution in [3.8, 4) is 0 Å². The van der Waals surface area contributed by atoms with Crippen LogP contribution in [0, 0.1) is 0 Å². The van der Waals surface area contributed by atoms with E-state index in [2.05, 4.69) is 9.76 Å². The van der Waals surface area contributed by atoms with Gasteiger partial charge in [0.2, 0.25) is 0 Å². The summed E-state index contributed by atoms with van der Waals surface area (Å²) in [4.78, 5) is 46.4. The average molecular weight is 491 g/mol. The van der Waals surface area contributed by atoms with E-state index in [-0.39, 0.29) is 30.8 Å². The van der Waals surface area contributed by atoms with E-state index >= 15 is 0 Å². The molecular formula is C19H30N4O9S. The number of urea groups is 1. The van der Waals surface area contributed by atoms with Crippen LogP contribution < -0.4 is 5.48 Å². The molecule has 13 nitrogen and oxygen atoms in total. The Bertz CT molecular complexity index is 907. The molecule has 2 unspecified atom stereocenters. The maximum absolute atomic E-state index is 12.7. The fourth-order valence-corrected chi connectivity index (χ4v) is 5.54. The molecule has 4 atom stereocenters. The second-order valence-corrected chi connectivity index (χ2v) is 11.0. The molecule has 0 aromatic heterocycles.